The van der Waals surface area contributed by atoms with Gasteiger partial charge in [-0.15, -0.1) is 0 Å². The second-order valence-electron chi connectivity index (χ2n) is 4.53. The van der Waals surface area contributed by atoms with Gasteiger partial charge in [0.25, 0.3) is 0 Å². The van der Waals surface area contributed by atoms with E-state index in [2.05, 4.69) is 5.32 Å². The van der Waals surface area contributed by atoms with Crippen LogP contribution < -0.4 is 10.1 Å². The topological polar surface area (TPSA) is 61.7 Å². The van der Waals surface area contributed by atoms with Crippen LogP contribution in [0.5, 0.6) is 5.75 Å². The molecule has 0 aromatic heterocycles. The van der Waals surface area contributed by atoms with E-state index in [1.54, 1.807) is 12.1 Å². The fourth-order valence-electron chi connectivity index (χ4n) is 1.63. The van der Waals surface area contributed by atoms with Gasteiger partial charge in [-0.25, -0.2) is 4.39 Å². The summed E-state index contributed by atoms with van der Waals surface area (Å²) in [6, 6.07) is 5.28. The van der Waals surface area contributed by atoms with Crippen LogP contribution in [0.15, 0.2) is 18.2 Å². The van der Waals surface area contributed by atoms with Crippen LogP contribution in [-0.2, 0) is 6.54 Å². The van der Waals surface area contributed by atoms with Crippen molar-refractivity contribution in [2.45, 2.75) is 31.5 Å². The highest BCUT2D eigenvalue weighted by Crippen LogP contribution is 2.25. The molecule has 100 valence electrons. The van der Waals surface area contributed by atoms with Crippen LogP contribution in [0, 0.1) is 5.82 Å². The fraction of sp³-hybridized carbons (Fsp3) is 0.538. The van der Waals surface area contributed by atoms with Crippen LogP contribution in [0.1, 0.15) is 18.4 Å². The minimum Gasteiger partial charge on any atom is -0.487 e. The lowest BCUT2D eigenvalue weighted by atomic mass is 10.2. The standard InChI is InChI=1S/C13H18FNO3/c14-12-3-1-2-9(6-15-10-4-5-10)13(12)18-8-11(17)7-16/h1-3,10-11,15-17H,4-8H2. The summed E-state index contributed by atoms with van der Waals surface area (Å²) in [7, 11) is 0. The molecule has 0 bridgehead atoms. The smallest absolute Gasteiger partial charge is 0.165 e. The molecule has 1 fully saturated rings. The number of aliphatic hydroxyl groups is 2. The number of rotatable bonds is 7. The summed E-state index contributed by atoms with van der Waals surface area (Å²) < 4.78 is 18.9. The molecule has 0 radical (unpaired) electrons. The Hall–Kier alpha value is -1.17. The monoisotopic (exact) mass is 255 g/mol. The van der Waals surface area contributed by atoms with Gasteiger partial charge in [-0.2, -0.15) is 0 Å². The minimum atomic E-state index is -0.992. The van der Waals surface area contributed by atoms with Crippen LogP contribution in [-0.4, -0.2) is 35.6 Å². The molecule has 5 heteroatoms. The van der Waals surface area contributed by atoms with E-state index in [0.29, 0.717) is 12.6 Å². The highest BCUT2D eigenvalue weighted by Gasteiger charge is 2.21. The summed E-state index contributed by atoms with van der Waals surface area (Å²) in [6.45, 7) is 0.0327. The quantitative estimate of drug-likeness (QED) is 0.675. The Morgan fingerprint density at radius 3 is 2.89 bits per heavy atom. The van der Waals surface area contributed by atoms with Crippen LogP contribution in [0.2, 0.25) is 0 Å². The van der Waals surface area contributed by atoms with E-state index in [0.717, 1.165) is 18.4 Å². The first-order valence-corrected chi connectivity index (χ1v) is 6.13. The van der Waals surface area contributed by atoms with Crippen LogP contribution in [0.4, 0.5) is 4.39 Å². The third kappa shape index (κ3) is 3.66. The lowest BCUT2D eigenvalue weighted by Crippen LogP contribution is -2.23. The molecule has 1 atom stereocenters. The van der Waals surface area contributed by atoms with Crippen LogP contribution >= 0.6 is 0 Å². The summed E-state index contributed by atoms with van der Waals surface area (Å²) in [6.07, 6.45) is 1.33. The molecule has 1 aliphatic carbocycles. The minimum absolute atomic E-state index is 0.117. The van der Waals surface area contributed by atoms with E-state index in [-0.39, 0.29) is 12.4 Å². The van der Waals surface area contributed by atoms with E-state index < -0.39 is 18.5 Å². The summed E-state index contributed by atoms with van der Waals surface area (Å²) in [5.41, 5.74) is 0.729. The molecule has 1 aliphatic rings. The Balaban J connectivity index is 1.99. The molecule has 1 aromatic carbocycles. The molecule has 1 unspecified atom stereocenters. The first kappa shape index (κ1) is 13.3. The van der Waals surface area contributed by atoms with Gasteiger partial charge >= 0.3 is 0 Å². The summed E-state index contributed by atoms with van der Waals surface area (Å²) in [5.74, 6) is -0.298. The Kier molecular flexibility index (Phi) is 4.52. The number of halogens is 1. The molecule has 0 heterocycles. The number of para-hydroxylation sites is 1. The second-order valence-corrected chi connectivity index (χ2v) is 4.53. The van der Waals surface area contributed by atoms with Crippen molar-refractivity contribution < 1.29 is 19.3 Å². The lowest BCUT2D eigenvalue weighted by molar-refractivity contribution is 0.0519. The molecular weight excluding hydrogens is 237 g/mol. The van der Waals surface area contributed by atoms with Gasteiger partial charge in [0.1, 0.15) is 12.7 Å². The normalized spacial score (nSPS) is 16.6. The maximum absolute atomic E-state index is 13.6. The average Bonchev–Trinajstić information content (AvgIpc) is 3.18. The molecular formula is C13H18FNO3. The molecule has 0 spiro atoms. The van der Waals surface area contributed by atoms with Crippen LogP contribution in [0.3, 0.4) is 0 Å². The van der Waals surface area contributed by atoms with Gasteiger partial charge in [0, 0.05) is 18.2 Å². The number of hydrogen-bond acceptors (Lipinski definition) is 4. The van der Waals surface area contributed by atoms with Gasteiger partial charge in [-0.05, 0) is 18.9 Å². The third-order valence-electron chi connectivity index (χ3n) is 2.84. The van der Waals surface area contributed by atoms with E-state index >= 15 is 0 Å². The van der Waals surface area contributed by atoms with Crippen molar-refractivity contribution in [2.24, 2.45) is 0 Å². The van der Waals surface area contributed by atoms with Gasteiger partial charge < -0.3 is 20.3 Å². The van der Waals surface area contributed by atoms with E-state index in [9.17, 15) is 9.50 Å². The number of aliphatic hydroxyl groups excluding tert-OH is 2. The van der Waals surface area contributed by atoms with Crippen molar-refractivity contribution in [2.75, 3.05) is 13.2 Å². The Bertz CT molecular complexity index is 396. The number of benzene rings is 1. The molecule has 0 saturated heterocycles. The lowest BCUT2D eigenvalue weighted by Gasteiger charge is -2.14. The van der Waals surface area contributed by atoms with Gasteiger partial charge in [0.2, 0.25) is 0 Å². The largest absolute Gasteiger partial charge is 0.487 e. The Morgan fingerprint density at radius 1 is 1.44 bits per heavy atom. The Labute approximate surface area is 105 Å². The maximum atomic E-state index is 13.6. The van der Waals surface area contributed by atoms with Crippen molar-refractivity contribution in [1.29, 1.82) is 0 Å². The first-order valence-electron chi connectivity index (χ1n) is 6.13. The van der Waals surface area contributed by atoms with E-state index in [1.165, 1.54) is 6.07 Å². The highest BCUT2D eigenvalue weighted by atomic mass is 19.1. The third-order valence-corrected chi connectivity index (χ3v) is 2.84. The van der Waals surface area contributed by atoms with Gasteiger partial charge in [0.05, 0.1) is 6.61 Å². The van der Waals surface area contributed by atoms with Crippen molar-refractivity contribution in [1.82, 2.24) is 5.32 Å². The van der Waals surface area contributed by atoms with Crippen molar-refractivity contribution in [3.8, 4) is 5.75 Å². The zero-order valence-electron chi connectivity index (χ0n) is 10.1. The fourth-order valence-corrected chi connectivity index (χ4v) is 1.63. The molecule has 0 amide bonds. The predicted molar refractivity (Wildman–Crippen MR) is 64.8 cm³/mol. The van der Waals surface area contributed by atoms with Crippen molar-refractivity contribution >= 4 is 0 Å². The average molecular weight is 255 g/mol. The summed E-state index contributed by atoms with van der Waals surface area (Å²) >= 11 is 0. The van der Waals surface area contributed by atoms with Gasteiger partial charge in [0.15, 0.2) is 11.6 Å². The number of nitrogens with one attached hydrogen (secondary N) is 1. The van der Waals surface area contributed by atoms with E-state index in [1.807, 2.05) is 0 Å². The highest BCUT2D eigenvalue weighted by molar-refractivity contribution is 5.35. The molecule has 0 aliphatic heterocycles. The summed E-state index contributed by atoms with van der Waals surface area (Å²) in [4.78, 5) is 0. The molecule has 18 heavy (non-hydrogen) atoms. The summed E-state index contributed by atoms with van der Waals surface area (Å²) in [5, 5.41) is 21.2. The molecule has 1 saturated carbocycles. The number of ether oxygens (including phenoxy) is 1. The number of hydrogen-bond donors (Lipinski definition) is 3. The SMILES string of the molecule is OCC(O)COc1c(F)cccc1CNC1CC1. The Morgan fingerprint density at radius 2 is 2.22 bits per heavy atom. The molecule has 1 aromatic rings. The maximum Gasteiger partial charge on any atom is 0.165 e. The zero-order chi connectivity index (χ0) is 13.0. The van der Waals surface area contributed by atoms with Crippen LogP contribution in [0.25, 0.3) is 0 Å². The van der Waals surface area contributed by atoms with Crippen molar-refractivity contribution in [3.63, 3.8) is 0 Å². The molecule has 4 nitrogen and oxygen atoms in total. The second kappa shape index (κ2) is 6.13. The van der Waals surface area contributed by atoms with E-state index in [4.69, 9.17) is 9.84 Å². The molecule has 3 N–H and O–H groups in total. The zero-order valence-corrected chi connectivity index (χ0v) is 10.1. The van der Waals surface area contributed by atoms with Gasteiger partial charge in [-0.3, -0.25) is 0 Å². The van der Waals surface area contributed by atoms with Crippen molar-refractivity contribution in [3.05, 3.63) is 29.6 Å². The van der Waals surface area contributed by atoms with Gasteiger partial charge in [-0.1, -0.05) is 12.1 Å². The predicted octanol–water partition coefficient (Wildman–Crippen LogP) is 0.810. The molecule has 2 rings (SSSR count). The first-order chi connectivity index (χ1) is 8.70.